The van der Waals surface area contributed by atoms with Crippen molar-refractivity contribution in [3.63, 3.8) is 0 Å². The van der Waals surface area contributed by atoms with Gasteiger partial charge in [-0.2, -0.15) is 0 Å². The number of carbonyl (C=O) groups is 1. The molecular weight excluding hydrogens is 294 g/mol. The summed E-state index contributed by atoms with van der Waals surface area (Å²) < 4.78 is 5.74. The van der Waals surface area contributed by atoms with Gasteiger partial charge in [0.25, 0.3) is 0 Å². The molecule has 0 radical (unpaired) electrons. The topological polar surface area (TPSA) is 29.5 Å². The maximum absolute atomic E-state index is 11.3. The quantitative estimate of drug-likeness (QED) is 0.572. The van der Waals surface area contributed by atoms with Crippen LogP contribution in [0.15, 0.2) is 24.3 Å². The summed E-state index contributed by atoms with van der Waals surface area (Å²) in [6.07, 6.45) is 1.81. The lowest BCUT2D eigenvalue weighted by Gasteiger charge is -2.16. The zero-order chi connectivity index (χ0) is 13.4. The zero-order valence-corrected chi connectivity index (χ0v) is 12.6. The van der Waals surface area contributed by atoms with Crippen molar-refractivity contribution in [3.8, 4) is 5.75 Å². The molecule has 0 saturated heterocycles. The number of ether oxygens (including phenoxy) is 1. The second kappa shape index (κ2) is 8.14. The number of hydrogen-bond acceptors (Lipinski definition) is 2. The third kappa shape index (κ3) is 4.69. The van der Waals surface area contributed by atoms with E-state index in [4.69, 9.17) is 4.74 Å². The second-order valence-electron chi connectivity index (χ2n) is 4.11. The van der Waals surface area contributed by atoms with Gasteiger partial charge in [0.2, 0.25) is 5.91 Å². The number of alkyl halides is 1. The minimum absolute atomic E-state index is 0.101. The first-order chi connectivity index (χ1) is 8.69. The van der Waals surface area contributed by atoms with Gasteiger partial charge in [0.15, 0.2) is 0 Å². The molecule has 0 N–H and O–H groups in total. The van der Waals surface area contributed by atoms with E-state index in [1.807, 2.05) is 25.2 Å². The van der Waals surface area contributed by atoms with Gasteiger partial charge in [0.05, 0.1) is 11.9 Å². The van der Waals surface area contributed by atoms with E-state index < -0.39 is 0 Å². The summed E-state index contributed by atoms with van der Waals surface area (Å²) in [5.41, 5.74) is 1.22. The normalized spacial score (nSPS) is 10.2. The van der Waals surface area contributed by atoms with Crippen LogP contribution < -0.4 is 4.74 Å². The summed E-state index contributed by atoms with van der Waals surface area (Å²) in [5, 5.41) is 0.378. The highest BCUT2D eigenvalue weighted by Crippen LogP contribution is 2.18. The minimum Gasteiger partial charge on any atom is -0.493 e. The Morgan fingerprint density at radius 1 is 1.39 bits per heavy atom. The SMILES string of the molecule is CCc1ccccc1OCCCN(C)C(=O)CBr. The average molecular weight is 314 g/mol. The Hall–Kier alpha value is -1.03. The fourth-order valence-electron chi connectivity index (χ4n) is 1.65. The van der Waals surface area contributed by atoms with E-state index in [9.17, 15) is 4.79 Å². The number of carbonyl (C=O) groups excluding carboxylic acids is 1. The number of benzene rings is 1. The molecule has 0 aliphatic carbocycles. The van der Waals surface area contributed by atoms with Crippen LogP contribution in [0.3, 0.4) is 0 Å². The van der Waals surface area contributed by atoms with Gasteiger partial charge < -0.3 is 9.64 Å². The maximum atomic E-state index is 11.3. The first-order valence-corrected chi connectivity index (χ1v) is 7.31. The minimum atomic E-state index is 0.101. The predicted octanol–water partition coefficient (Wildman–Crippen LogP) is 2.87. The van der Waals surface area contributed by atoms with E-state index in [1.165, 1.54) is 5.56 Å². The van der Waals surface area contributed by atoms with Crippen LogP contribution in [0.5, 0.6) is 5.75 Å². The van der Waals surface area contributed by atoms with Crippen LogP contribution >= 0.6 is 15.9 Å². The summed E-state index contributed by atoms with van der Waals surface area (Å²) >= 11 is 3.16. The monoisotopic (exact) mass is 313 g/mol. The van der Waals surface area contributed by atoms with Crippen LogP contribution in [0.4, 0.5) is 0 Å². The van der Waals surface area contributed by atoms with Crippen LogP contribution in [0.25, 0.3) is 0 Å². The molecule has 1 rings (SSSR count). The first-order valence-electron chi connectivity index (χ1n) is 6.19. The lowest BCUT2D eigenvalue weighted by molar-refractivity contribution is -0.127. The summed E-state index contributed by atoms with van der Waals surface area (Å²) in [5.74, 6) is 1.05. The Labute approximate surface area is 117 Å². The van der Waals surface area contributed by atoms with Crippen molar-refractivity contribution >= 4 is 21.8 Å². The molecule has 0 aliphatic rings. The largest absolute Gasteiger partial charge is 0.493 e. The van der Waals surface area contributed by atoms with Crippen LogP contribution in [-0.2, 0) is 11.2 Å². The van der Waals surface area contributed by atoms with Gasteiger partial charge in [-0.25, -0.2) is 0 Å². The molecule has 0 spiro atoms. The summed E-state index contributed by atoms with van der Waals surface area (Å²) in [6, 6.07) is 8.07. The molecule has 18 heavy (non-hydrogen) atoms. The molecule has 1 aromatic carbocycles. The van der Waals surface area contributed by atoms with E-state index in [1.54, 1.807) is 4.90 Å². The highest BCUT2D eigenvalue weighted by Gasteiger charge is 2.06. The molecule has 0 heterocycles. The molecule has 0 unspecified atom stereocenters. The fourth-order valence-corrected chi connectivity index (χ4v) is 2.08. The number of halogens is 1. The van der Waals surface area contributed by atoms with Gasteiger partial charge >= 0.3 is 0 Å². The van der Waals surface area contributed by atoms with Crippen LogP contribution in [0.1, 0.15) is 18.9 Å². The Morgan fingerprint density at radius 3 is 2.78 bits per heavy atom. The van der Waals surface area contributed by atoms with Crippen molar-refractivity contribution in [1.82, 2.24) is 4.90 Å². The Bertz CT molecular complexity index is 382. The molecule has 0 fully saturated rings. The van der Waals surface area contributed by atoms with Crippen LogP contribution in [0.2, 0.25) is 0 Å². The number of amides is 1. The average Bonchev–Trinajstić information content (AvgIpc) is 2.42. The van der Waals surface area contributed by atoms with E-state index >= 15 is 0 Å². The van der Waals surface area contributed by atoms with Gasteiger partial charge in [-0.05, 0) is 24.5 Å². The second-order valence-corrected chi connectivity index (χ2v) is 4.67. The summed E-state index contributed by atoms with van der Waals surface area (Å²) in [6.45, 7) is 3.47. The number of hydrogen-bond donors (Lipinski definition) is 0. The van der Waals surface area contributed by atoms with E-state index in [0.717, 1.165) is 25.1 Å². The number of nitrogens with zero attached hydrogens (tertiary/aromatic N) is 1. The molecule has 3 nitrogen and oxygen atoms in total. The third-order valence-electron chi connectivity index (χ3n) is 2.79. The fraction of sp³-hybridized carbons (Fsp3) is 0.500. The standard InChI is InChI=1S/C14H20BrNO2/c1-3-12-7-4-5-8-13(12)18-10-6-9-16(2)14(17)11-15/h4-5,7-8H,3,6,9-11H2,1-2H3. The Morgan fingerprint density at radius 2 is 2.11 bits per heavy atom. The van der Waals surface area contributed by atoms with E-state index in [2.05, 4.69) is 28.9 Å². The molecule has 1 aromatic rings. The van der Waals surface area contributed by atoms with Gasteiger partial charge in [-0.15, -0.1) is 0 Å². The molecule has 1 amide bonds. The van der Waals surface area contributed by atoms with Crippen LogP contribution in [0, 0.1) is 0 Å². The van der Waals surface area contributed by atoms with Crippen molar-refractivity contribution < 1.29 is 9.53 Å². The molecule has 0 aromatic heterocycles. The van der Waals surface area contributed by atoms with Gasteiger partial charge in [-0.3, -0.25) is 4.79 Å². The van der Waals surface area contributed by atoms with E-state index in [-0.39, 0.29) is 5.91 Å². The Kier molecular flexibility index (Phi) is 6.80. The summed E-state index contributed by atoms with van der Waals surface area (Å²) in [7, 11) is 1.81. The van der Waals surface area contributed by atoms with Crippen molar-refractivity contribution in [2.24, 2.45) is 0 Å². The Balaban J connectivity index is 2.31. The van der Waals surface area contributed by atoms with E-state index in [0.29, 0.717) is 11.9 Å². The molecule has 0 aliphatic heterocycles. The molecule has 4 heteroatoms. The first kappa shape index (κ1) is 15.0. The van der Waals surface area contributed by atoms with Gasteiger partial charge in [0.1, 0.15) is 5.75 Å². The van der Waals surface area contributed by atoms with Crippen LogP contribution in [-0.4, -0.2) is 36.3 Å². The van der Waals surface area contributed by atoms with Gasteiger partial charge in [-0.1, -0.05) is 41.1 Å². The smallest absolute Gasteiger partial charge is 0.232 e. The van der Waals surface area contributed by atoms with Crippen molar-refractivity contribution in [2.75, 3.05) is 25.5 Å². The predicted molar refractivity (Wildman–Crippen MR) is 77.4 cm³/mol. The molecule has 0 bridgehead atoms. The lowest BCUT2D eigenvalue weighted by Crippen LogP contribution is -2.29. The number of aryl methyl sites for hydroxylation is 1. The highest BCUT2D eigenvalue weighted by molar-refractivity contribution is 9.09. The highest BCUT2D eigenvalue weighted by atomic mass is 79.9. The third-order valence-corrected chi connectivity index (χ3v) is 3.27. The molecule has 0 atom stereocenters. The van der Waals surface area contributed by atoms with Crippen molar-refractivity contribution in [2.45, 2.75) is 19.8 Å². The van der Waals surface area contributed by atoms with Crippen molar-refractivity contribution in [3.05, 3.63) is 29.8 Å². The molecule has 0 saturated carbocycles. The van der Waals surface area contributed by atoms with Gasteiger partial charge in [0, 0.05) is 13.6 Å². The molecular formula is C14H20BrNO2. The number of para-hydroxylation sites is 1. The van der Waals surface area contributed by atoms with Crippen molar-refractivity contribution in [1.29, 1.82) is 0 Å². The zero-order valence-electron chi connectivity index (χ0n) is 11.0. The molecule has 100 valence electrons. The lowest BCUT2D eigenvalue weighted by atomic mass is 10.1. The summed E-state index contributed by atoms with van der Waals surface area (Å²) in [4.78, 5) is 13.0. The number of rotatable bonds is 7. The maximum Gasteiger partial charge on any atom is 0.232 e.